The standard InChI is InChI=1S/C22H25N5O6/c28-21(26-9-7-25(8-10-26)20-3-1-2-6-23-20)16-33-22(29)17-4-5-18(19(15-17)27(30)31)24-11-13-32-14-12-24/h1-6,15H,7-14,16H2. The summed E-state index contributed by atoms with van der Waals surface area (Å²) in [6.07, 6.45) is 1.73. The third-order valence-electron chi connectivity index (χ3n) is 5.69. The number of pyridine rings is 1. The van der Waals surface area contributed by atoms with Crippen LogP contribution in [0, 0.1) is 10.1 Å². The lowest BCUT2D eigenvalue weighted by Crippen LogP contribution is -2.50. The van der Waals surface area contributed by atoms with E-state index in [4.69, 9.17) is 9.47 Å². The fourth-order valence-electron chi connectivity index (χ4n) is 3.90. The first kappa shape index (κ1) is 22.5. The van der Waals surface area contributed by atoms with Gasteiger partial charge >= 0.3 is 5.97 Å². The first-order chi connectivity index (χ1) is 16.0. The van der Waals surface area contributed by atoms with E-state index in [2.05, 4.69) is 9.88 Å². The van der Waals surface area contributed by atoms with Gasteiger partial charge in [-0.05, 0) is 24.3 Å². The van der Waals surface area contributed by atoms with Crippen molar-refractivity contribution in [2.24, 2.45) is 0 Å². The Kier molecular flexibility index (Phi) is 6.98. The molecule has 0 saturated carbocycles. The second-order valence-corrected chi connectivity index (χ2v) is 7.69. The van der Waals surface area contributed by atoms with Crippen LogP contribution >= 0.6 is 0 Å². The van der Waals surface area contributed by atoms with Gasteiger partial charge in [0.05, 0.1) is 23.7 Å². The minimum Gasteiger partial charge on any atom is -0.452 e. The molecule has 2 aliphatic rings. The Morgan fingerprint density at radius 2 is 1.79 bits per heavy atom. The maximum Gasteiger partial charge on any atom is 0.338 e. The highest BCUT2D eigenvalue weighted by atomic mass is 16.6. The van der Waals surface area contributed by atoms with Crippen molar-refractivity contribution in [1.82, 2.24) is 9.88 Å². The van der Waals surface area contributed by atoms with Crippen LogP contribution in [-0.2, 0) is 14.3 Å². The molecule has 3 heterocycles. The molecule has 11 heteroatoms. The molecule has 2 aliphatic heterocycles. The normalized spacial score (nSPS) is 16.4. The summed E-state index contributed by atoms with van der Waals surface area (Å²) < 4.78 is 10.5. The smallest absolute Gasteiger partial charge is 0.338 e. The summed E-state index contributed by atoms with van der Waals surface area (Å²) in [6.45, 7) is 3.87. The first-order valence-electron chi connectivity index (χ1n) is 10.7. The SMILES string of the molecule is O=C(OCC(=O)N1CCN(c2ccccn2)CC1)c1ccc(N2CCOCC2)c([N+](=O)[O-])c1. The molecule has 2 fully saturated rings. The Hall–Kier alpha value is -3.73. The number of carbonyl (C=O) groups excluding carboxylic acids is 2. The van der Waals surface area contributed by atoms with Crippen molar-refractivity contribution in [3.8, 4) is 0 Å². The number of hydrogen-bond acceptors (Lipinski definition) is 9. The zero-order chi connectivity index (χ0) is 23.2. The van der Waals surface area contributed by atoms with Crippen molar-refractivity contribution in [3.63, 3.8) is 0 Å². The van der Waals surface area contributed by atoms with E-state index < -0.39 is 17.5 Å². The molecule has 0 atom stereocenters. The van der Waals surface area contributed by atoms with E-state index in [0.29, 0.717) is 58.2 Å². The van der Waals surface area contributed by atoms with E-state index in [0.717, 1.165) is 5.82 Å². The van der Waals surface area contributed by atoms with Crippen LogP contribution in [0.3, 0.4) is 0 Å². The molecule has 0 bridgehead atoms. The summed E-state index contributed by atoms with van der Waals surface area (Å²) in [6, 6.07) is 9.90. The maximum atomic E-state index is 12.5. The third kappa shape index (κ3) is 5.37. The number of morpholine rings is 1. The van der Waals surface area contributed by atoms with Crippen molar-refractivity contribution >= 4 is 29.1 Å². The number of nitrogens with zero attached hydrogens (tertiary/aromatic N) is 5. The predicted octanol–water partition coefficient (Wildman–Crippen LogP) is 1.33. The van der Waals surface area contributed by atoms with Crippen molar-refractivity contribution in [2.75, 3.05) is 68.9 Å². The van der Waals surface area contributed by atoms with E-state index in [1.54, 1.807) is 17.2 Å². The molecule has 1 aromatic carbocycles. The highest BCUT2D eigenvalue weighted by Gasteiger charge is 2.25. The van der Waals surface area contributed by atoms with Crippen LogP contribution in [0.4, 0.5) is 17.2 Å². The second kappa shape index (κ2) is 10.3. The molecular weight excluding hydrogens is 430 g/mol. The van der Waals surface area contributed by atoms with Crippen LogP contribution < -0.4 is 9.80 Å². The molecule has 1 amide bonds. The number of benzene rings is 1. The van der Waals surface area contributed by atoms with Gasteiger partial charge in [-0.15, -0.1) is 0 Å². The Morgan fingerprint density at radius 1 is 1.03 bits per heavy atom. The van der Waals surface area contributed by atoms with Gasteiger partial charge in [-0.1, -0.05) is 6.07 Å². The van der Waals surface area contributed by atoms with Crippen LogP contribution in [0.2, 0.25) is 0 Å². The summed E-state index contributed by atoms with van der Waals surface area (Å²) in [4.78, 5) is 45.9. The zero-order valence-corrected chi connectivity index (χ0v) is 18.1. The average molecular weight is 455 g/mol. The van der Waals surface area contributed by atoms with Crippen LogP contribution in [0.5, 0.6) is 0 Å². The first-order valence-corrected chi connectivity index (χ1v) is 10.7. The van der Waals surface area contributed by atoms with E-state index in [9.17, 15) is 19.7 Å². The number of rotatable bonds is 6. The lowest BCUT2D eigenvalue weighted by Gasteiger charge is -2.35. The number of carbonyl (C=O) groups is 2. The Bertz CT molecular complexity index is 1000. The monoisotopic (exact) mass is 455 g/mol. The topological polar surface area (TPSA) is 118 Å². The van der Waals surface area contributed by atoms with Crippen LogP contribution in [-0.4, -0.2) is 85.8 Å². The number of anilines is 2. The van der Waals surface area contributed by atoms with Crippen LogP contribution in [0.25, 0.3) is 0 Å². The molecule has 174 valence electrons. The van der Waals surface area contributed by atoms with Crippen LogP contribution in [0.15, 0.2) is 42.6 Å². The largest absolute Gasteiger partial charge is 0.452 e. The Balaban J connectivity index is 1.32. The highest BCUT2D eigenvalue weighted by molar-refractivity contribution is 5.93. The number of amides is 1. The number of nitro benzene ring substituents is 1. The number of aromatic nitrogens is 1. The van der Waals surface area contributed by atoms with Gasteiger partial charge in [-0.25, -0.2) is 9.78 Å². The number of esters is 1. The van der Waals surface area contributed by atoms with E-state index >= 15 is 0 Å². The molecule has 11 nitrogen and oxygen atoms in total. The zero-order valence-electron chi connectivity index (χ0n) is 18.1. The maximum absolute atomic E-state index is 12.5. The second-order valence-electron chi connectivity index (χ2n) is 7.69. The van der Waals surface area contributed by atoms with E-state index in [1.165, 1.54) is 12.1 Å². The number of nitro groups is 1. The van der Waals surface area contributed by atoms with Gasteiger partial charge < -0.3 is 24.2 Å². The van der Waals surface area contributed by atoms with Gasteiger partial charge in [0, 0.05) is 51.5 Å². The summed E-state index contributed by atoms with van der Waals surface area (Å²) in [7, 11) is 0. The van der Waals surface area contributed by atoms with Crippen molar-refractivity contribution in [3.05, 3.63) is 58.3 Å². The van der Waals surface area contributed by atoms with Crippen LogP contribution in [0.1, 0.15) is 10.4 Å². The van der Waals surface area contributed by atoms with Gasteiger partial charge in [0.15, 0.2) is 6.61 Å². The van der Waals surface area contributed by atoms with Crippen molar-refractivity contribution < 1.29 is 24.0 Å². The Labute approximate surface area is 190 Å². The molecule has 0 spiro atoms. The summed E-state index contributed by atoms with van der Waals surface area (Å²) >= 11 is 0. The van der Waals surface area contributed by atoms with Gasteiger partial charge in [0.2, 0.25) is 0 Å². The molecule has 0 unspecified atom stereocenters. The molecular formula is C22H25N5O6. The molecule has 1 aromatic heterocycles. The van der Waals surface area contributed by atoms with Gasteiger partial charge in [-0.3, -0.25) is 14.9 Å². The van der Waals surface area contributed by atoms with Crippen molar-refractivity contribution in [1.29, 1.82) is 0 Å². The highest BCUT2D eigenvalue weighted by Crippen LogP contribution is 2.30. The summed E-state index contributed by atoms with van der Waals surface area (Å²) in [5.41, 5.74) is 0.288. The fraction of sp³-hybridized carbons (Fsp3) is 0.409. The lowest BCUT2D eigenvalue weighted by atomic mass is 10.1. The number of piperazine rings is 1. The third-order valence-corrected chi connectivity index (χ3v) is 5.69. The molecule has 2 aromatic rings. The minimum atomic E-state index is -0.771. The van der Waals surface area contributed by atoms with Crippen molar-refractivity contribution in [2.45, 2.75) is 0 Å². The molecule has 0 radical (unpaired) electrons. The molecule has 4 rings (SSSR count). The summed E-state index contributed by atoms with van der Waals surface area (Å²) in [5.74, 6) is -0.214. The fourth-order valence-corrected chi connectivity index (χ4v) is 3.90. The van der Waals surface area contributed by atoms with Gasteiger partial charge in [0.25, 0.3) is 11.6 Å². The minimum absolute atomic E-state index is 0.0338. The lowest BCUT2D eigenvalue weighted by molar-refractivity contribution is -0.384. The van der Waals surface area contributed by atoms with E-state index in [-0.39, 0.29) is 17.2 Å². The Morgan fingerprint density at radius 3 is 2.45 bits per heavy atom. The predicted molar refractivity (Wildman–Crippen MR) is 119 cm³/mol. The number of hydrogen-bond donors (Lipinski definition) is 0. The summed E-state index contributed by atoms with van der Waals surface area (Å²) in [5, 5.41) is 11.6. The molecule has 0 N–H and O–H groups in total. The van der Waals surface area contributed by atoms with Gasteiger partial charge in [-0.2, -0.15) is 0 Å². The quantitative estimate of drug-likeness (QED) is 0.361. The van der Waals surface area contributed by atoms with E-state index in [1.807, 2.05) is 23.1 Å². The van der Waals surface area contributed by atoms with Gasteiger partial charge in [0.1, 0.15) is 11.5 Å². The average Bonchev–Trinajstić information content (AvgIpc) is 2.87. The molecule has 0 aliphatic carbocycles. The molecule has 33 heavy (non-hydrogen) atoms. The number of ether oxygens (including phenoxy) is 2. The molecule has 2 saturated heterocycles.